The Morgan fingerprint density at radius 2 is 1.76 bits per heavy atom. The van der Waals surface area contributed by atoms with Gasteiger partial charge in [-0.3, -0.25) is 0 Å². The smallest absolute Gasteiger partial charge is 0.134 e. The number of rotatable bonds is 6. The van der Waals surface area contributed by atoms with Crippen molar-refractivity contribution < 1.29 is 4.21 Å². The molecule has 0 aromatic heterocycles. The lowest BCUT2D eigenvalue weighted by Crippen LogP contribution is -2.28. The fourth-order valence-corrected chi connectivity index (χ4v) is 6.07. The number of nitrogens with one attached hydrogen (secondary N) is 2. The molecule has 0 spiro atoms. The van der Waals surface area contributed by atoms with Gasteiger partial charge in [0.2, 0.25) is 0 Å². The highest BCUT2D eigenvalue weighted by molar-refractivity contribution is 7.99. The molecule has 1 aliphatic rings. The van der Waals surface area contributed by atoms with Crippen LogP contribution in [0.4, 0.5) is 11.4 Å². The van der Waals surface area contributed by atoms with Crippen LogP contribution in [0.25, 0.3) is 0 Å². The Labute approximate surface area is 181 Å². The summed E-state index contributed by atoms with van der Waals surface area (Å²) in [5, 5.41) is 0.709. The Kier molecular flexibility index (Phi) is 5.88. The van der Waals surface area contributed by atoms with Gasteiger partial charge in [-0.1, -0.05) is 53.7 Å². The molecule has 7 heteroatoms. The number of hydrogen-bond donors (Lipinski definition) is 2. The summed E-state index contributed by atoms with van der Waals surface area (Å²) in [4.78, 5) is 5.19. The number of halogens is 1. The van der Waals surface area contributed by atoms with Crippen molar-refractivity contribution in [1.29, 1.82) is 4.78 Å². The number of fused-ring (bicyclic) bond motifs is 2. The average Bonchev–Trinajstić information content (AvgIpc) is 2.71. The summed E-state index contributed by atoms with van der Waals surface area (Å²) in [5.41, 5.74) is 3.11. The van der Waals surface area contributed by atoms with Crippen LogP contribution in [0.15, 0.2) is 81.4 Å². The van der Waals surface area contributed by atoms with Gasteiger partial charge in [0.25, 0.3) is 0 Å². The summed E-state index contributed by atoms with van der Waals surface area (Å²) >= 11 is 8.01. The molecule has 0 aliphatic carbocycles. The summed E-state index contributed by atoms with van der Waals surface area (Å²) in [6, 6.07) is 21.6. The van der Waals surface area contributed by atoms with Gasteiger partial charge < -0.3 is 4.90 Å². The van der Waals surface area contributed by atoms with Crippen molar-refractivity contribution in [2.45, 2.75) is 28.0 Å². The zero-order valence-corrected chi connectivity index (χ0v) is 18.4. The molecule has 0 amide bonds. The molecule has 1 heterocycles. The maximum Gasteiger partial charge on any atom is 0.134 e. The predicted octanol–water partition coefficient (Wildman–Crippen LogP) is 6.25. The van der Waals surface area contributed by atoms with E-state index < -0.39 is 9.92 Å². The molecular weight excluding hydrogens is 422 g/mol. The largest absolute Gasteiger partial charge is 0.340 e. The second kappa shape index (κ2) is 8.40. The molecule has 2 N–H and O–H groups in total. The summed E-state index contributed by atoms with van der Waals surface area (Å²) in [7, 11) is -3.02. The zero-order valence-electron chi connectivity index (χ0n) is 16.0. The summed E-state index contributed by atoms with van der Waals surface area (Å²) < 4.78 is 24.0. The minimum Gasteiger partial charge on any atom is -0.340 e. The molecule has 29 heavy (non-hydrogen) atoms. The molecule has 3 aromatic carbocycles. The first-order valence-corrected chi connectivity index (χ1v) is 12.1. The van der Waals surface area contributed by atoms with Crippen molar-refractivity contribution in [2.75, 3.05) is 18.0 Å². The normalized spacial score (nSPS) is 14.8. The van der Waals surface area contributed by atoms with Gasteiger partial charge in [-0.05, 0) is 55.3 Å². The Morgan fingerprint density at radius 1 is 1.03 bits per heavy atom. The van der Waals surface area contributed by atoms with Gasteiger partial charge in [-0.25, -0.2) is 13.7 Å². The SMILES string of the molecule is Cc1ccccc1S(=N)(=O)NCCCN1c2ccccc2Sc2ccc(Cl)cc21. The molecule has 1 aliphatic heterocycles. The Balaban J connectivity index is 1.49. The van der Waals surface area contributed by atoms with E-state index in [1.807, 2.05) is 49.4 Å². The van der Waals surface area contributed by atoms with Crippen LogP contribution >= 0.6 is 23.4 Å². The van der Waals surface area contributed by atoms with Gasteiger partial charge in [-0.15, -0.1) is 0 Å². The Bertz CT molecular complexity index is 1150. The van der Waals surface area contributed by atoms with Crippen molar-refractivity contribution in [2.24, 2.45) is 0 Å². The molecule has 0 bridgehead atoms. The third-order valence-corrected chi connectivity index (χ3v) is 7.91. The molecule has 0 saturated carbocycles. The van der Waals surface area contributed by atoms with Gasteiger partial charge in [-0.2, -0.15) is 0 Å². The van der Waals surface area contributed by atoms with Gasteiger partial charge in [0, 0.05) is 27.9 Å². The highest BCUT2D eigenvalue weighted by Gasteiger charge is 2.23. The number of hydrogen-bond acceptors (Lipinski definition) is 4. The van der Waals surface area contributed by atoms with Crippen molar-refractivity contribution in [3.05, 3.63) is 77.3 Å². The fraction of sp³-hybridized carbons (Fsp3) is 0.182. The molecule has 0 saturated heterocycles. The van der Waals surface area contributed by atoms with Crippen molar-refractivity contribution >= 4 is 44.7 Å². The third-order valence-electron chi connectivity index (χ3n) is 4.85. The quantitative estimate of drug-likeness (QED) is 0.442. The first-order valence-electron chi connectivity index (χ1n) is 9.39. The molecule has 150 valence electrons. The molecule has 0 radical (unpaired) electrons. The molecule has 3 aromatic rings. The first-order chi connectivity index (χ1) is 14.0. The summed E-state index contributed by atoms with van der Waals surface area (Å²) in [6.07, 6.45) is 0.743. The van der Waals surface area contributed by atoms with Crippen LogP contribution in [0.3, 0.4) is 0 Å². The highest BCUT2D eigenvalue weighted by Crippen LogP contribution is 2.48. The second-order valence-electron chi connectivity index (χ2n) is 6.90. The van der Waals surface area contributed by atoms with Crippen LogP contribution in [0.1, 0.15) is 12.0 Å². The standard InChI is InChI=1S/C22H22ClN3OS2/c1-16-7-2-5-10-22(16)29(24,27)25-13-6-14-26-18-8-3-4-9-20(18)28-21-12-11-17(23)15-19(21)26/h2-5,7-12,15H,6,13-14H2,1H3,(H2,24,25,27). The van der Waals surface area contributed by atoms with Crippen LogP contribution in [0.2, 0.25) is 5.02 Å². The van der Waals surface area contributed by atoms with E-state index >= 15 is 0 Å². The van der Waals surface area contributed by atoms with E-state index in [1.165, 1.54) is 9.79 Å². The third kappa shape index (κ3) is 4.31. The second-order valence-corrected chi connectivity index (χ2v) is 10.3. The van der Waals surface area contributed by atoms with Crippen LogP contribution in [0, 0.1) is 11.7 Å². The van der Waals surface area contributed by atoms with E-state index in [0.29, 0.717) is 16.5 Å². The van der Waals surface area contributed by atoms with Crippen molar-refractivity contribution in [1.82, 2.24) is 4.72 Å². The predicted molar refractivity (Wildman–Crippen MR) is 122 cm³/mol. The van der Waals surface area contributed by atoms with E-state index in [9.17, 15) is 4.21 Å². The number of nitrogens with zero attached hydrogens (tertiary/aromatic N) is 1. The summed E-state index contributed by atoms with van der Waals surface area (Å²) in [6.45, 7) is 3.10. The molecular formula is C22H22ClN3OS2. The lowest BCUT2D eigenvalue weighted by molar-refractivity contribution is 0.656. The van der Waals surface area contributed by atoms with Crippen LogP contribution < -0.4 is 9.62 Å². The topological polar surface area (TPSA) is 56.2 Å². The monoisotopic (exact) mass is 443 g/mol. The van der Waals surface area contributed by atoms with Crippen LogP contribution in [0.5, 0.6) is 0 Å². The number of benzene rings is 3. The molecule has 1 atom stereocenters. The van der Waals surface area contributed by atoms with Crippen LogP contribution in [-0.2, 0) is 9.92 Å². The summed E-state index contributed by atoms with van der Waals surface area (Å²) in [5.74, 6) is 0. The zero-order chi connectivity index (χ0) is 20.4. The van der Waals surface area contributed by atoms with Gasteiger partial charge in [0.05, 0.1) is 16.3 Å². The lowest BCUT2D eigenvalue weighted by atomic mass is 10.2. The maximum atomic E-state index is 12.8. The molecule has 1 unspecified atom stereocenters. The highest BCUT2D eigenvalue weighted by atomic mass is 35.5. The first kappa shape index (κ1) is 20.3. The number of para-hydroxylation sites is 1. The van der Waals surface area contributed by atoms with Crippen molar-refractivity contribution in [3.8, 4) is 0 Å². The minimum atomic E-state index is -3.02. The van der Waals surface area contributed by atoms with Crippen molar-refractivity contribution in [3.63, 3.8) is 0 Å². The molecule has 0 fully saturated rings. The lowest BCUT2D eigenvalue weighted by Gasteiger charge is -2.33. The van der Waals surface area contributed by atoms with Gasteiger partial charge in [0.15, 0.2) is 0 Å². The van der Waals surface area contributed by atoms with Gasteiger partial charge >= 0.3 is 0 Å². The van der Waals surface area contributed by atoms with E-state index in [4.69, 9.17) is 16.4 Å². The maximum absolute atomic E-state index is 12.8. The average molecular weight is 444 g/mol. The van der Waals surface area contributed by atoms with E-state index in [0.717, 1.165) is 29.9 Å². The Hall–Kier alpha value is -1.99. The minimum absolute atomic E-state index is 0.485. The van der Waals surface area contributed by atoms with E-state index in [-0.39, 0.29) is 0 Å². The van der Waals surface area contributed by atoms with Gasteiger partial charge in [0.1, 0.15) is 9.92 Å². The fourth-order valence-electron chi connectivity index (χ4n) is 3.45. The Morgan fingerprint density at radius 3 is 2.59 bits per heavy atom. The molecule has 4 rings (SSSR count). The molecule has 4 nitrogen and oxygen atoms in total. The number of aryl methyl sites for hydroxylation is 1. The van der Waals surface area contributed by atoms with Crippen LogP contribution in [-0.4, -0.2) is 17.3 Å². The number of anilines is 2. The van der Waals surface area contributed by atoms with E-state index in [2.05, 4.69) is 27.8 Å². The van der Waals surface area contributed by atoms with E-state index in [1.54, 1.807) is 17.8 Å².